The van der Waals surface area contributed by atoms with Crippen LogP contribution in [0.2, 0.25) is 15.1 Å². The van der Waals surface area contributed by atoms with Gasteiger partial charge in [0, 0.05) is 16.3 Å². The lowest BCUT2D eigenvalue weighted by Crippen LogP contribution is -2.20. The second kappa shape index (κ2) is 9.65. The summed E-state index contributed by atoms with van der Waals surface area (Å²) < 4.78 is 5.44. The Labute approximate surface area is 182 Å². The predicted molar refractivity (Wildman–Crippen MR) is 116 cm³/mol. The minimum absolute atomic E-state index is 0.223. The third-order valence-electron chi connectivity index (χ3n) is 3.81. The Kier molecular flexibility index (Phi) is 6.99. The second-order valence-corrected chi connectivity index (χ2v) is 7.15. The Morgan fingerprint density at radius 3 is 2.21 bits per heavy atom. The van der Waals surface area contributed by atoms with Crippen molar-refractivity contribution in [2.45, 2.75) is 0 Å². The van der Waals surface area contributed by atoms with Gasteiger partial charge in [0.2, 0.25) is 0 Å². The fourth-order valence-electron chi connectivity index (χ4n) is 2.37. The summed E-state index contributed by atoms with van der Waals surface area (Å²) in [6.45, 7) is -0.223. The SMILES string of the molecule is O=C(COc1ccc(C(=O)Nc2ccc(Cl)cc2)cc1)Nc1cccc(Cl)c1Cl. The largest absolute Gasteiger partial charge is 0.484 e. The Hall–Kier alpha value is -2.73. The van der Waals surface area contributed by atoms with Crippen molar-refractivity contribution in [3.05, 3.63) is 87.4 Å². The molecule has 0 aliphatic rings. The molecule has 3 rings (SSSR count). The average molecular weight is 450 g/mol. The van der Waals surface area contributed by atoms with Gasteiger partial charge >= 0.3 is 0 Å². The summed E-state index contributed by atoms with van der Waals surface area (Å²) in [5, 5.41) is 6.59. The molecule has 2 amide bonds. The van der Waals surface area contributed by atoms with E-state index in [1.807, 2.05) is 0 Å². The van der Waals surface area contributed by atoms with Crippen LogP contribution in [-0.4, -0.2) is 18.4 Å². The number of ether oxygens (including phenoxy) is 1. The lowest BCUT2D eigenvalue weighted by Gasteiger charge is -2.10. The van der Waals surface area contributed by atoms with Crippen LogP contribution in [-0.2, 0) is 4.79 Å². The van der Waals surface area contributed by atoms with Crippen molar-refractivity contribution >= 4 is 58.0 Å². The number of benzene rings is 3. The molecule has 0 fully saturated rings. The van der Waals surface area contributed by atoms with Crippen LogP contribution in [0.4, 0.5) is 11.4 Å². The fraction of sp³-hybridized carbons (Fsp3) is 0.0476. The smallest absolute Gasteiger partial charge is 0.262 e. The van der Waals surface area contributed by atoms with E-state index in [1.165, 1.54) is 0 Å². The van der Waals surface area contributed by atoms with Gasteiger partial charge in [0.05, 0.1) is 15.7 Å². The van der Waals surface area contributed by atoms with Crippen molar-refractivity contribution < 1.29 is 14.3 Å². The van der Waals surface area contributed by atoms with E-state index >= 15 is 0 Å². The zero-order valence-corrected chi connectivity index (χ0v) is 17.2. The molecule has 0 aliphatic heterocycles. The van der Waals surface area contributed by atoms with E-state index < -0.39 is 5.91 Å². The summed E-state index contributed by atoms with van der Waals surface area (Å²) in [6, 6.07) is 18.2. The zero-order valence-electron chi connectivity index (χ0n) is 14.9. The number of carbonyl (C=O) groups excluding carboxylic acids is 2. The predicted octanol–water partition coefficient (Wildman–Crippen LogP) is 5.92. The summed E-state index contributed by atoms with van der Waals surface area (Å²) in [5.74, 6) is -0.216. The molecule has 148 valence electrons. The first kappa shape index (κ1) is 21.0. The molecule has 0 spiro atoms. The van der Waals surface area contributed by atoms with Crippen molar-refractivity contribution in [2.24, 2.45) is 0 Å². The molecule has 0 saturated heterocycles. The van der Waals surface area contributed by atoms with Crippen molar-refractivity contribution in [1.29, 1.82) is 0 Å². The zero-order chi connectivity index (χ0) is 20.8. The van der Waals surface area contributed by atoms with Gasteiger partial charge in [0.25, 0.3) is 11.8 Å². The second-order valence-electron chi connectivity index (χ2n) is 5.92. The maximum absolute atomic E-state index is 12.3. The summed E-state index contributed by atoms with van der Waals surface area (Å²) in [7, 11) is 0. The number of rotatable bonds is 6. The standard InChI is InChI=1S/C21H15Cl3N2O3/c22-14-6-8-15(9-7-14)25-21(28)13-4-10-16(11-5-13)29-12-19(27)26-18-3-1-2-17(23)20(18)24/h1-11H,12H2,(H,25,28)(H,26,27). The van der Waals surface area contributed by atoms with Crippen LogP contribution in [0.15, 0.2) is 66.7 Å². The molecule has 0 radical (unpaired) electrons. The van der Waals surface area contributed by atoms with Crippen molar-refractivity contribution in [3.63, 3.8) is 0 Å². The van der Waals surface area contributed by atoms with E-state index in [1.54, 1.807) is 66.7 Å². The molecular formula is C21H15Cl3N2O3. The molecule has 0 saturated carbocycles. The van der Waals surface area contributed by atoms with Crippen LogP contribution in [0.3, 0.4) is 0 Å². The molecular weight excluding hydrogens is 435 g/mol. The van der Waals surface area contributed by atoms with Gasteiger partial charge in [-0.2, -0.15) is 0 Å². The molecule has 0 unspecified atom stereocenters. The van der Waals surface area contributed by atoms with Crippen LogP contribution in [0, 0.1) is 0 Å². The molecule has 3 aromatic rings. The van der Waals surface area contributed by atoms with Gasteiger partial charge in [-0.05, 0) is 60.7 Å². The summed E-state index contributed by atoms with van der Waals surface area (Å²) in [4.78, 5) is 24.3. The van der Waals surface area contributed by atoms with Crippen LogP contribution < -0.4 is 15.4 Å². The monoisotopic (exact) mass is 448 g/mol. The van der Waals surface area contributed by atoms with E-state index in [9.17, 15) is 9.59 Å². The first-order chi connectivity index (χ1) is 13.9. The van der Waals surface area contributed by atoms with E-state index in [0.29, 0.717) is 32.7 Å². The van der Waals surface area contributed by atoms with Crippen molar-refractivity contribution in [1.82, 2.24) is 0 Å². The maximum atomic E-state index is 12.3. The van der Waals surface area contributed by atoms with Gasteiger partial charge in [-0.1, -0.05) is 40.9 Å². The normalized spacial score (nSPS) is 10.3. The van der Waals surface area contributed by atoms with Crippen molar-refractivity contribution in [2.75, 3.05) is 17.2 Å². The fourth-order valence-corrected chi connectivity index (χ4v) is 2.85. The number of halogens is 3. The Morgan fingerprint density at radius 1 is 0.828 bits per heavy atom. The van der Waals surface area contributed by atoms with Crippen molar-refractivity contribution in [3.8, 4) is 5.75 Å². The maximum Gasteiger partial charge on any atom is 0.262 e. The number of hydrogen-bond donors (Lipinski definition) is 2. The van der Waals surface area contributed by atoms with Gasteiger partial charge in [-0.3, -0.25) is 9.59 Å². The molecule has 3 aromatic carbocycles. The first-order valence-corrected chi connectivity index (χ1v) is 9.59. The molecule has 0 heterocycles. The number of hydrogen-bond acceptors (Lipinski definition) is 3. The van der Waals surface area contributed by atoms with Gasteiger partial charge in [-0.15, -0.1) is 0 Å². The average Bonchev–Trinajstić information content (AvgIpc) is 2.72. The highest BCUT2D eigenvalue weighted by atomic mass is 35.5. The van der Waals surface area contributed by atoms with Gasteiger partial charge in [0.15, 0.2) is 6.61 Å². The van der Waals surface area contributed by atoms with Gasteiger partial charge in [0.1, 0.15) is 5.75 Å². The minimum Gasteiger partial charge on any atom is -0.484 e. The van der Waals surface area contributed by atoms with Gasteiger partial charge in [-0.25, -0.2) is 0 Å². The van der Waals surface area contributed by atoms with E-state index in [0.717, 1.165) is 0 Å². The highest BCUT2D eigenvalue weighted by Gasteiger charge is 2.10. The van der Waals surface area contributed by atoms with E-state index in [-0.39, 0.29) is 17.5 Å². The lowest BCUT2D eigenvalue weighted by atomic mass is 10.2. The summed E-state index contributed by atoms with van der Waals surface area (Å²) in [5.41, 5.74) is 1.49. The quantitative estimate of drug-likeness (QED) is 0.491. The lowest BCUT2D eigenvalue weighted by molar-refractivity contribution is -0.118. The molecule has 8 heteroatoms. The Morgan fingerprint density at radius 2 is 1.52 bits per heavy atom. The molecule has 0 atom stereocenters. The Bertz CT molecular complexity index is 1020. The third kappa shape index (κ3) is 5.87. The van der Waals surface area contributed by atoms with E-state index in [2.05, 4.69) is 10.6 Å². The first-order valence-electron chi connectivity index (χ1n) is 8.46. The summed E-state index contributed by atoms with van der Waals surface area (Å²) in [6.07, 6.45) is 0. The molecule has 0 aliphatic carbocycles. The Balaban J connectivity index is 1.53. The number of amides is 2. The molecule has 0 bridgehead atoms. The highest BCUT2D eigenvalue weighted by molar-refractivity contribution is 6.44. The number of nitrogens with one attached hydrogen (secondary N) is 2. The van der Waals surface area contributed by atoms with Gasteiger partial charge < -0.3 is 15.4 Å². The summed E-state index contributed by atoms with van der Waals surface area (Å²) >= 11 is 17.8. The van der Waals surface area contributed by atoms with Crippen LogP contribution in [0.5, 0.6) is 5.75 Å². The minimum atomic E-state index is -0.390. The van der Waals surface area contributed by atoms with Crippen LogP contribution in [0.25, 0.3) is 0 Å². The molecule has 29 heavy (non-hydrogen) atoms. The van der Waals surface area contributed by atoms with Crippen LogP contribution >= 0.6 is 34.8 Å². The third-order valence-corrected chi connectivity index (χ3v) is 4.89. The van der Waals surface area contributed by atoms with Crippen LogP contribution in [0.1, 0.15) is 10.4 Å². The number of anilines is 2. The molecule has 5 nitrogen and oxygen atoms in total. The molecule has 0 aromatic heterocycles. The highest BCUT2D eigenvalue weighted by Crippen LogP contribution is 2.29. The molecule has 2 N–H and O–H groups in total. The van der Waals surface area contributed by atoms with E-state index in [4.69, 9.17) is 39.5 Å². The topological polar surface area (TPSA) is 67.4 Å². The number of carbonyl (C=O) groups is 2.